The highest BCUT2D eigenvalue weighted by Crippen LogP contribution is 2.35. The van der Waals surface area contributed by atoms with Crippen LogP contribution >= 0.6 is 0 Å². The second kappa shape index (κ2) is 4.74. The first-order chi connectivity index (χ1) is 8.63. The smallest absolute Gasteiger partial charge is 0.217 e. The van der Waals surface area contributed by atoms with Gasteiger partial charge in [0.05, 0.1) is 24.0 Å². The summed E-state index contributed by atoms with van der Waals surface area (Å²) in [6.07, 6.45) is 2.67. The zero-order chi connectivity index (χ0) is 12.8. The van der Waals surface area contributed by atoms with Crippen molar-refractivity contribution in [3.8, 4) is 0 Å². The summed E-state index contributed by atoms with van der Waals surface area (Å²) in [7, 11) is -3.05. The summed E-state index contributed by atoms with van der Waals surface area (Å²) < 4.78 is 32.4. The summed E-state index contributed by atoms with van der Waals surface area (Å²) >= 11 is 0. The maximum Gasteiger partial charge on any atom is 0.217 e. The predicted molar refractivity (Wildman–Crippen MR) is 68.9 cm³/mol. The number of hydrogen-bond donors (Lipinski definition) is 0. The number of piperidine rings is 1. The zero-order valence-corrected chi connectivity index (χ0v) is 11.7. The Hall–Kier alpha value is -0.170. The van der Waals surface area contributed by atoms with Gasteiger partial charge in [-0.2, -0.15) is 4.31 Å². The number of rotatable bonds is 3. The van der Waals surface area contributed by atoms with Crippen LogP contribution in [0.3, 0.4) is 0 Å². The van der Waals surface area contributed by atoms with Crippen LogP contribution in [0.15, 0.2) is 0 Å². The summed E-state index contributed by atoms with van der Waals surface area (Å²) in [5.41, 5.74) is 0. The monoisotopic (exact) mass is 274 g/mol. The Bertz CT molecular complexity index is 408. The molecule has 3 aliphatic rings. The van der Waals surface area contributed by atoms with Crippen molar-refractivity contribution < 1.29 is 13.2 Å². The zero-order valence-electron chi connectivity index (χ0n) is 10.9. The first kappa shape index (κ1) is 12.8. The lowest BCUT2D eigenvalue weighted by Gasteiger charge is -2.46. The van der Waals surface area contributed by atoms with Crippen molar-refractivity contribution in [1.82, 2.24) is 9.21 Å². The molecule has 104 valence electrons. The van der Waals surface area contributed by atoms with E-state index in [4.69, 9.17) is 4.74 Å². The van der Waals surface area contributed by atoms with Crippen LogP contribution in [0.5, 0.6) is 0 Å². The van der Waals surface area contributed by atoms with Crippen LogP contribution in [0.25, 0.3) is 0 Å². The first-order valence-corrected chi connectivity index (χ1v) is 8.48. The van der Waals surface area contributed by atoms with Gasteiger partial charge in [-0.05, 0) is 32.4 Å². The third-order valence-corrected chi connectivity index (χ3v) is 6.76. The van der Waals surface area contributed by atoms with Gasteiger partial charge in [-0.1, -0.05) is 6.92 Å². The number of nitrogens with zero attached hydrogens (tertiary/aromatic N) is 2. The number of morpholine rings is 1. The quantitative estimate of drug-likeness (QED) is 0.741. The van der Waals surface area contributed by atoms with Crippen LogP contribution < -0.4 is 0 Å². The molecule has 5 nitrogen and oxygen atoms in total. The predicted octanol–water partition coefficient (Wildman–Crippen LogP) is 0.274. The number of likely N-dealkylation sites (tertiary alicyclic amines) is 1. The molecule has 6 heteroatoms. The molecule has 2 atom stereocenters. The van der Waals surface area contributed by atoms with Crippen molar-refractivity contribution in [1.29, 1.82) is 0 Å². The molecule has 0 unspecified atom stereocenters. The fourth-order valence-electron chi connectivity index (χ4n) is 3.08. The molecule has 0 amide bonds. The summed E-state index contributed by atoms with van der Waals surface area (Å²) in [5, 5.41) is -0.0968. The van der Waals surface area contributed by atoms with E-state index >= 15 is 0 Å². The van der Waals surface area contributed by atoms with Gasteiger partial charge in [-0.25, -0.2) is 8.42 Å². The van der Waals surface area contributed by atoms with E-state index in [1.54, 1.807) is 4.31 Å². The average molecular weight is 274 g/mol. The van der Waals surface area contributed by atoms with Crippen LogP contribution in [0.4, 0.5) is 0 Å². The minimum absolute atomic E-state index is 0.0703. The Kier molecular flexibility index (Phi) is 3.38. The van der Waals surface area contributed by atoms with Gasteiger partial charge in [-0.15, -0.1) is 0 Å². The SMILES string of the molecule is CCN1CC[C@H]2[C@@H](C1)OCCN2S(=O)(=O)C1CC1. The standard InChI is InChI=1S/C12H22N2O3S/c1-2-13-6-5-11-12(9-13)17-8-7-14(11)18(15,16)10-3-4-10/h10-12H,2-9H2,1H3/t11-,12+/m0/s1. The van der Waals surface area contributed by atoms with E-state index in [2.05, 4.69) is 11.8 Å². The Labute approximate surface area is 109 Å². The van der Waals surface area contributed by atoms with Crippen molar-refractivity contribution in [2.75, 3.05) is 32.8 Å². The normalized spacial score (nSPS) is 35.4. The van der Waals surface area contributed by atoms with E-state index in [0.717, 1.165) is 38.9 Å². The Morgan fingerprint density at radius 2 is 2.00 bits per heavy atom. The molecular weight excluding hydrogens is 252 g/mol. The van der Waals surface area contributed by atoms with E-state index in [1.165, 1.54) is 0 Å². The number of likely N-dealkylation sites (N-methyl/N-ethyl adjacent to an activating group) is 1. The summed E-state index contributed by atoms with van der Waals surface area (Å²) in [6, 6.07) is 0.0761. The Morgan fingerprint density at radius 3 is 2.67 bits per heavy atom. The van der Waals surface area contributed by atoms with Gasteiger partial charge >= 0.3 is 0 Å². The minimum Gasteiger partial charge on any atom is -0.374 e. The highest BCUT2D eigenvalue weighted by Gasteiger charge is 2.47. The van der Waals surface area contributed by atoms with Crippen molar-refractivity contribution in [2.24, 2.45) is 0 Å². The van der Waals surface area contributed by atoms with E-state index in [-0.39, 0.29) is 17.4 Å². The first-order valence-electron chi connectivity index (χ1n) is 6.97. The summed E-state index contributed by atoms with van der Waals surface area (Å²) in [5.74, 6) is 0. The van der Waals surface area contributed by atoms with E-state index in [1.807, 2.05) is 0 Å². The molecule has 0 aromatic heterocycles. The maximum atomic E-state index is 12.4. The molecule has 1 saturated carbocycles. The van der Waals surface area contributed by atoms with Gasteiger partial charge in [0.2, 0.25) is 10.0 Å². The van der Waals surface area contributed by atoms with Crippen LogP contribution in [0.2, 0.25) is 0 Å². The highest BCUT2D eigenvalue weighted by atomic mass is 32.2. The Balaban J connectivity index is 1.76. The molecule has 0 bridgehead atoms. The average Bonchev–Trinajstić information content (AvgIpc) is 3.21. The molecule has 0 spiro atoms. The molecule has 2 aliphatic heterocycles. The molecule has 18 heavy (non-hydrogen) atoms. The van der Waals surface area contributed by atoms with E-state index < -0.39 is 10.0 Å². The van der Waals surface area contributed by atoms with Gasteiger partial charge in [0.1, 0.15) is 0 Å². The lowest BCUT2D eigenvalue weighted by atomic mass is 10.0. The maximum absolute atomic E-state index is 12.4. The lowest BCUT2D eigenvalue weighted by molar-refractivity contribution is -0.0773. The third kappa shape index (κ3) is 2.19. The Morgan fingerprint density at radius 1 is 1.22 bits per heavy atom. The third-order valence-electron chi connectivity index (χ3n) is 4.34. The van der Waals surface area contributed by atoms with Gasteiger partial charge in [-0.3, -0.25) is 0 Å². The van der Waals surface area contributed by atoms with Crippen molar-refractivity contribution >= 4 is 10.0 Å². The van der Waals surface area contributed by atoms with Crippen LogP contribution in [0, 0.1) is 0 Å². The topological polar surface area (TPSA) is 49.9 Å². The molecule has 0 aromatic carbocycles. The van der Waals surface area contributed by atoms with Crippen molar-refractivity contribution in [3.05, 3.63) is 0 Å². The summed E-state index contributed by atoms with van der Waals surface area (Å²) in [6.45, 7) is 6.11. The van der Waals surface area contributed by atoms with Crippen LogP contribution in [0.1, 0.15) is 26.2 Å². The number of fused-ring (bicyclic) bond motifs is 1. The van der Waals surface area contributed by atoms with Crippen molar-refractivity contribution in [2.45, 2.75) is 43.6 Å². The number of hydrogen-bond acceptors (Lipinski definition) is 4. The second-order valence-electron chi connectivity index (χ2n) is 5.51. The highest BCUT2D eigenvalue weighted by molar-refractivity contribution is 7.90. The molecule has 3 fully saturated rings. The van der Waals surface area contributed by atoms with E-state index in [9.17, 15) is 8.42 Å². The fraction of sp³-hybridized carbons (Fsp3) is 1.00. The molecule has 0 N–H and O–H groups in total. The molecule has 0 aromatic rings. The molecule has 2 saturated heterocycles. The molecular formula is C12H22N2O3S. The second-order valence-corrected chi connectivity index (χ2v) is 7.68. The van der Waals surface area contributed by atoms with Gasteiger partial charge in [0.15, 0.2) is 0 Å². The molecule has 1 aliphatic carbocycles. The summed E-state index contributed by atoms with van der Waals surface area (Å²) in [4.78, 5) is 2.34. The molecule has 3 rings (SSSR count). The molecule has 0 radical (unpaired) electrons. The van der Waals surface area contributed by atoms with Gasteiger partial charge < -0.3 is 9.64 Å². The number of sulfonamides is 1. The van der Waals surface area contributed by atoms with Crippen molar-refractivity contribution in [3.63, 3.8) is 0 Å². The van der Waals surface area contributed by atoms with E-state index in [0.29, 0.717) is 13.2 Å². The fourth-order valence-corrected chi connectivity index (χ4v) is 5.14. The van der Waals surface area contributed by atoms with Gasteiger partial charge in [0.25, 0.3) is 0 Å². The van der Waals surface area contributed by atoms with Crippen LogP contribution in [-0.4, -0.2) is 67.8 Å². The largest absolute Gasteiger partial charge is 0.374 e. The van der Waals surface area contributed by atoms with Crippen LogP contribution in [-0.2, 0) is 14.8 Å². The lowest BCUT2D eigenvalue weighted by Crippen LogP contribution is -2.60. The van der Waals surface area contributed by atoms with Gasteiger partial charge in [0, 0.05) is 13.1 Å². The minimum atomic E-state index is -3.05. The molecule has 2 heterocycles. The number of ether oxygens (including phenoxy) is 1.